The monoisotopic (exact) mass is 523 g/mol. The van der Waals surface area contributed by atoms with Gasteiger partial charge in [-0.2, -0.15) is 0 Å². The normalized spacial score (nSPS) is 11.4. The predicted molar refractivity (Wildman–Crippen MR) is 170 cm³/mol. The molecular formula is C38H25N3. The lowest BCUT2D eigenvalue weighted by atomic mass is 9.99. The number of hydrogen-bond acceptors (Lipinski definition) is 2. The lowest BCUT2D eigenvalue weighted by Crippen LogP contribution is -1.99. The van der Waals surface area contributed by atoms with Crippen LogP contribution in [-0.2, 0) is 0 Å². The third kappa shape index (κ3) is 3.98. The van der Waals surface area contributed by atoms with Gasteiger partial charge in [-0.05, 0) is 52.2 Å². The molecule has 3 nitrogen and oxygen atoms in total. The highest BCUT2D eigenvalue weighted by molar-refractivity contribution is 6.14. The molecule has 0 spiro atoms. The van der Waals surface area contributed by atoms with Crippen LogP contribution in [0.15, 0.2) is 152 Å². The second-order valence-corrected chi connectivity index (χ2v) is 10.3. The minimum Gasteiger partial charge on any atom is -0.294 e. The van der Waals surface area contributed by atoms with E-state index < -0.39 is 0 Å². The van der Waals surface area contributed by atoms with E-state index in [-0.39, 0.29) is 0 Å². The minimum absolute atomic E-state index is 0.707. The summed E-state index contributed by atoms with van der Waals surface area (Å²) in [6.07, 6.45) is 0. The fourth-order valence-corrected chi connectivity index (χ4v) is 5.83. The Balaban J connectivity index is 1.40. The fourth-order valence-electron chi connectivity index (χ4n) is 5.83. The maximum atomic E-state index is 5.28. The maximum Gasteiger partial charge on any atom is 0.162 e. The molecule has 0 amide bonds. The Hall–Kier alpha value is -5.54. The fraction of sp³-hybridized carbons (Fsp3) is 0. The zero-order valence-corrected chi connectivity index (χ0v) is 22.3. The Morgan fingerprint density at radius 3 is 1.95 bits per heavy atom. The van der Waals surface area contributed by atoms with Crippen molar-refractivity contribution in [2.24, 2.45) is 0 Å². The maximum absolute atomic E-state index is 5.28. The van der Waals surface area contributed by atoms with Crippen molar-refractivity contribution < 1.29 is 0 Å². The highest BCUT2D eigenvalue weighted by atomic mass is 15.1. The number of para-hydroxylation sites is 2. The average Bonchev–Trinajstić information content (AvgIpc) is 3.39. The number of fused-ring (bicyclic) bond motifs is 4. The summed E-state index contributed by atoms with van der Waals surface area (Å²) in [6.45, 7) is 0. The minimum atomic E-state index is 0.707. The van der Waals surface area contributed by atoms with E-state index in [4.69, 9.17) is 9.97 Å². The molecule has 0 saturated heterocycles. The van der Waals surface area contributed by atoms with Crippen molar-refractivity contribution in [3.8, 4) is 39.5 Å². The molecule has 192 valence electrons. The molecule has 8 aromatic rings. The van der Waals surface area contributed by atoms with Gasteiger partial charge in [0.05, 0.1) is 16.6 Å². The van der Waals surface area contributed by atoms with Crippen LogP contribution in [0, 0.1) is 0 Å². The Labute approximate surface area is 238 Å². The van der Waals surface area contributed by atoms with Crippen molar-refractivity contribution in [2.45, 2.75) is 0 Å². The van der Waals surface area contributed by atoms with Gasteiger partial charge in [-0.3, -0.25) is 4.57 Å². The molecular weight excluding hydrogens is 498 g/mol. The molecule has 2 heterocycles. The first-order chi connectivity index (χ1) is 20.3. The van der Waals surface area contributed by atoms with E-state index >= 15 is 0 Å². The van der Waals surface area contributed by atoms with Gasteiger partial charge in [0.1, 0.15) is 5.65 Å². The quantitative estimate of drug-likeness (QED) is 0.230. The summed E-state index contributed by atoms with van der Waals surface area (Å²) >= 11 is 0. The third-order valence-electron chi connectivity index (χ3n) is 7.78. The van der Waals surface area contributed by atoms with Gasteiger partial charge in [-0.1, -0.05) is 121 Å². The van der Waals surface area contributed by atoms with Crippen LogP contribution in [0.25, 0.3) is 72.2 Å². The van der Waals surface area contributed by atoms with Gasteiger partial charge < -0.3 is 0 Å². The first-order valence-electron chi connectivity index (χ1n) is 13.9. The van der Waals surface area contributed by atoms with Crippen LogP contribution < -0.4 is 0 Å². The average molecular weight is 524 g/mol. The first kappa shape index (κ1) is 23.4. The molecule has 0 fully saturated rings. The second-order valence-electron chi connectivity index (χ2n) is 10.3. The largest absolute Gasteiger partial charge is 0.294 e. The summed E-state index contributed by atoms with van der Waals surface area (Å²) in [4.78, 5) is 10.5. The summed E-state index contributed by atoms with van der Waals surface area (Å²) in [5.74, 6) is 0.707. The van der Waals surface area contributed by atoms with Gasteiger partial charge in [-0.15, -0.1) is 0 Å². The van der Waals surface area contributed by atoms with Gasteiger partial charge in [-0.25, -0.2) is 9.97 Å². The summed E-state index contributed by atoms with van der Waals surface area (Å²) in [7, 11) is 0. The Morgan fingerprint density at radius 2 is 1.10 bits per heavy atom. The Morgan fingerprint density at radius 1 is 0.439 bits per heavy atom. The molecule has 0 aliphatic carbocycles. The van der Waals surface area contributed by atoms with Gasteiger partial charge in [0.15, 0.2) is 5.82 Å². The molecule has 0 aliphatic rings. The summed E-state index contributed by atoms with van der Waals surface area (Å²) < 4.78 is 2.26. The van der Waals surface area contributed by atoms with Crippen molar-refractivity contribution in [3.05, 3.63) is 152 Å². The number of hydrogen-bond donors (Lipinski definition) is 0. The highest BCUT2D eigenvalue weighted by Gasteiger charge is 2.20. The number of nitrogens with zero attached hydrogens (tertiary/aromatic N) is 3. The van der Waals surface area contributed by atoms with Crippen molar-refractivity contribution >= 4 is 32.7 Å². The summed E-state index contributed by atoms with van der Waals surface area (Å²) in [6, 6.07) is 53.1. The second kappa shape index (κ2) is 9.58. The number of aromatic nitrogens is 3. The molecule has 6 aromatic carbocycles. The molecule has 0 unspecified atom stereocenters. The van der Waals surface area contributed by atoms with Gasteiger partial charge in [0.2, 0.25) is 0 Å². The molecule has 8 rings (SSSR count). The van der Waals surface area contributed by atoms with E-state index in [1.54, 1.807) is 0 Å². The van der Waals surface area contributed by atoms with E-state index in [1.807, 2.05) is 12.1 Å². The van der Waals surface area contributed by atoms with Crippen molar-refractivity contribution in [1.82, 2.24) is 14.5 Å². The Kier molecular flexibility index (Phi) is 5.46. The molecule has 3 heteroatoms. The molecule has 0 saturated carbocycles. The molecule has 0 atom stereocenters. The van der Waals surface area contributed by atoms with E-state index in [9.17, 15) is 0 Å². The van der Waals surface area contributed by atoms with Crippen LogP contribution in [0.3, 0.4) is 0 Å². The van der Waals surface area contributed by atoms with Gasteiger partial charge >= 0.3 is 0 Å². The standard InChI is InChI=1S/C38H25N3/c1-3-13-27(14-4-1)36-35-33-20-9-10-21-34(33)41(32-18-5-2-6-19-32)38(35)40-37(39-36)31-17-11-16-29(25-31)30-23-22-26-12-7-8-15-28(26)24-30/h1-25H. The highest BCUT2D eigenvalue weighted by Crippen LogP contribution is 2.38. The number of rotatable bonds is 4. The van der Waals surface area contributed by atoms with E-state index in [1.165, 1.54) is 16.3 Å². The van der Waals surface area contributed by atoms with Crippen LogP contribution in [-0.4, -0.2) is 14.5 Å². The summed E-state index contributed by atoms with van der Waals surface area (Å²) in [5, 5.41) is 4.67. The lowest BCUT2D eigenvalue weighted by Gasteiger charge is -2.11. The van der Waals surface area contributed by atoms with Crippen molar-refractivity contribution in [1.29, 1.82) is 0 Å². The van der Waals surface area contributed by atoms with Gasteiger partial charge in [0.25, 0.3) is 0 Å². The molecule has 0 bridgehead atoms. The lowest BCUT2D eigenvalue weighted by molar-refractivity contribution is 1.11. The predicted octanol–water partition coefficient (Wildman–Crippen LogP) is 9.73. The van der Waals surface area contributed by atoms with Crippen molar-refractivity contribution in [2.75, 3.05) is 0 Å². The topological polar surface area (TPSA) is 30.7 Å². The zero-order valence-electron chi connectivity index (χ0n) is 22.3. The molecule has 0 N–H and O–H groups in total. The zero-order chi connectivity index (χ0) is 27.2. The molecule has 41 heavy (non-hydrogen) atoms. The van der Waals surface area contributed by atoms with Crippen LogP contribution >= 0.6 is 0 Å². The molecule has 0 radical (unpaired) electrons. The SMILES string of the molecule is c1ccc(-c2nc(-c3cccc(-c4ccc5ccccc5c4)c3)nc3c2c2ccccc2n3-c2ccccc2)cc1. The third-order valence-corrected chi connectivity index (χ3v) is 7.78. The van der Waals surface area contributed by atoms with Crippen LogP contribution in [0.5, 0.6) is 0 Å². The van der Waals surface area contributed by atoms with Gasteiger partial charge in [0, 0.05) is 22.2 Å². The van der Waals surface area contributed by atoms with Crippen LogP contribution in [0.4, 0.5) is 0 Å². The molecule has 0 aliphatic heterocycles. The first-order valence-corrected chi connectivity index (χ1v) is 13.9. The number of benzene rings is 6. The van der Waals surface area contributed by atoms with E-state index in [0.717, 1.165) is 50.0 Å². The van der Waals surface area contributed by atoms with E-state index in [0.29, 0.717) is 5.82 Å². The smallest absolute Gasteiger partial charge is 0.162 e. The van der Waals surface area contributed by atoms with Crippen LogP contribution in [0.1, 0.15) is 0 Å². The Bertz CT molecular complexity index is 2200. The van der Waals surface area contributed by atoms with Crippen molar-refractivity contribution in [3.63, 3.8) is 0 Å². The summed E-state index contributed by atoms with van der Waals surface area (Å²) in [5.41, 5.74) is 8.40. The van der Waals surface area contributed by atoms with E-state index in [2.05, 4.69) is 144 Å². The van der Waals surface area contributed by atoms with Crippen LogP contribution in [0.2, 0.25) is 0 Å². The molecule has 2 aromatic heterocycles.